The van der Waals surface area contributed by atoms with Crippen LogP contribution >= 0.6 is 22.9 Å². The van der Waals surface area contributed by atoms with Gasteiger partial charge in [0.05, 0.1) is 18.7 Å². The molecule has 13 heteroatoms. The summed E-state index contributed by atoms with van der Waals surface area (Å²) in [6, 6.07) is 8.09. The van der Waals surface area contributed by atoms with Crippen molar-refractivity contribution in [1.29, 1.82) is 0 Å². The van der Waals surface area contributed by atoms with Crippen LogP contribution in [0.2, 0.25) is 5.02 Å². The Morgan fingerprint density at radius 1 is 1.18 bits per heavy atom. The summed E-state index contributed by atoms with van der Waals surface area (Å²) < 4.78 is 46.2. The van der Waals surface area contributed by atoms with Crippen molar-refractivity contribution in [1.82, 2.24) is 9.97 Å². The number of anilines is 1. The van der Waals surface area contributed by atoms with Crippen LogP contribution in [0.3, 0.4) is 0 Å². The number of aliphatic hydroxyl groups is 1. The second kappa shape index (κ2) is 11.7. The highest BCUT2D eigenvalue weighted by Crippen LogP contribution is 2.38. The van der Waals surface area contributed by atoms with Gasteiger partial charge >= 0.3 is 10.1 Å². The highest BCUT2D eigenvalue weighted by atomic mass is 35.5. The van der Waals surface area contributed by atoms with Gasteiger partial charge in [0.1, 0.15) is 28.6 Å². The molecule has 0 spiro atoms. The maximum absolute atomic E-state index is 10.7. The molecule has 186 valence electrons. The van der Waals surface area contributed by atoms with Gasteiger partial charge in [-0.15, -0.1) is 11.3 Å². The standard InChI is InChI=1S/C13H14ClN3O4.C8H12O3S2/c1-19-8-2-3-9(14)10(6-8)21-11-12(15)16-7-17-13(11)20-5-4-18;1-8(2,3)6-4-5-7(12-6)13(9,10)11/h2-3,6-7,18H,4-5H2,1H3,(H2,15,16,17);4-5H,1-3H3,(H,9,10,11). The second-order valence-electron chi connectivity index (χ2n) is 7.71. The van der Waals surface area contributed by atoms with Crippen LogP contribution < -0.4 is 19.9 Å². The summed E-state index contributed by atoms with van der Waals surface area (Å²) in [5.41, 5.74) is 5.69. The lowest BCUT2D eigenvalue weighted by molar-refractivity contribution is 0.192. The second-order valence-corrected chi connectivity index (χ2v) is 10.8. The molecule has 0 radical (unpaired) electrons. The summed E-state index contributed by atoms with van der Waals surface area (Å²) in [7, 11) is -2.49. The third-order valence-electron chi connectivity index (χ3n) is 4.05. The summed E-state index contributed by atoms with van der Waals surface area (Å²) in [6.07, 6.45) is 1.24. The summed E-state index contributed by atoms with van der Waals surface area (Å²) in [6.45, 7) is 5.87. The number of aliphatic hydroxyl groups excluding tert-OH is 1. The predicted octanol–water partition coefficient (Wildman–Crippen LogP) is 4.18. The maximum atomic E-state index is 10.7. The molecule has 0 aliphatic heterocycles. The normalized spacial score (nSPS) is 11.4. The number of hydrogen-bond acceptors (Lipinski definition) is 10. The van der Waals surface area contributed by atoms with Crippen LogP contribution in [0.25, 0.3) is 0 Å². The molecule has 3 aromatic rings. The van der Waals surface area contributed by atoms with Crippen molar-refractivity contribution in [3.05, 3.63) is 46.6 Å². The first-order valence-corrected chi connectivity index (χ1v) is 12.4. The quantitative estimate of drug-likeness (QED) is 0.378. The Morgan fingerprint density at radius 2 is 1.88 bits per heavy atom. The molecule has 0 saturated heterocycles. The lowest BCUT2D eigenvalue weighted by Crippen LogP contribution is -2.07. The number of thiophene rings is 1. The number of nitrogen functional groups attached to an aromatic ring is 1. The number of hydrogen-bond donors (Lipinski definition) is 3. The fraction of sp³-hybridized carbons (Fsp3) is 0.333. The fourth-order valence-corrected chi connectivity index (χ4v) is 4.25. The van der Waals surface area contributed by atoms with Crippen molar-refractivity contribution < 1.29 is 32.3 Å². The molecule has 0 aliphatic rings. The lowest BCUT2D eigenvalue weighted by Gasteiger charge is -2.14. The molecule has 2 aromatic heterocycles. The minimum Gasteiger partial charge on any atom is -0.497 e. The fourth-order valence-electron chi connectivity index (χ4n) is 2.37. The highest BCUT2D eigenvalue weighted by Gasteiger charge is 2.20. The van der Waals surface area contributed by atoms with E-state index in [1.807, 2.05) is 20.8 Å². The third-order valence-corrected chi connectivity index (χ3v) is 7.20. The number of methoxy groups -OCH3 is 1. The molecule has 0 bridgehead atoms. The van der Waals surface area contributed by atoms with Crippen LogP contribution in [0.1, 0.15) is 25.6 Å². The number of rotatable bonds is 7. The van der Waals surface area contributed by atoms with Crippen LogP contribution in [0.4, 0.5) is 5.82 Å². The number of nitrogens with zero attached hydrogens (tertiary/aromatic N) is 2. The molecule has 0 aliphatic carbocycles. The number of aromatic nitrogens is 2. The number of halogens is 1. The van der Waals surface area contributed by atoms with E-state index in [4.69, 9.17) is 41.2 Å². The van der Waals surface area contributed by atoms with E-state index >= 15 is 0 Å². The summed E-state index contributed by atoms with van der Waals surface area (Å²) >= 11 is 7.18. The molecule has 4 N–H and O–H groups in total. The summed E-state index contributed by atoms with van der Waals surface area (Å²) in [5, 5.41) is 9.18. The van der Waals surface area contributed by atoms with E-state index in [0.717, 1.165) is 16.2 Å². The van der Waals surface area contributed by atoms with Crippen molar-refractivity contribution in [3.8, 4) is 23.1 Å². The topological polar surface area (TPSA) is 154 Å². The summed E-state index contributed by atoms with van der Waals surface area (Å²) in [4.78, 5) is 8.71. The van der Waals surface area contributed by atoms with Crippen LogP contribution in [-0.4, -0.2) is 48.4 Å². The van der Waals surface area contributed by atoms with Crippen LogP contribution in [0.5, 0.6) is 23.1 Å². The van der Waals surface area contributed by atoms with E-state index in [-0.39, 0.29) is 40.3 Å². The van der Waals surface area contributed by atoms with Crippen molar-refractivity contribution in [3.63, 3.8) is 0 Å². The van der Waals surface area contributed by atoms with Crippen molar-refractivity contribution in [2.75, 3.05) is 26.1 Å². The molecular formula is C21H26ClN3O7S2. The van der Waals surface area contributed by atoms with Gasteiger partial charge in [-0.2, -0.15) is 13.4 Å². The molecule has 2 heterocycles. The van der Waals surface area contributed by atoms with E-state index in [9.17, 15) is 8.42 Å². The molecule has 1 aromatic carbocycles. The van der Waals surface area contributed by atoms with Gasteiger partial charge in [0.15, 0.2) is 5.82 Å². The smallest absolute Gasteiger partial charge is 0.304 e. The Bertz CT molecular complexity index is 1210. The maximum Gasteiger partial charge on any atom is 0.304 e. The van der Waals surface area contributed by atoms with E-state index in [2.05, 4.69) is 9.97 Å². The third kappa shape index (κ3) is 7.71. The minimum absolute atomic E-state index is 0.0115. The summed E-state index contributed by atoms with van der Waals surface area (Å²) in [5.74, 6) is 1.24. The zero-order chi connectivity index (χ0) is 25.5. The van der Waals surface area contributed by atoms with Gasteiger partial charge < -0.3 is 25.1 Å². The van der Waals surface area contributed by atoms with Crippen LogP contribution in [-0.2, 0) is 15.5 Å². The minimum atomic E-state index is -4.02. The first kappa shape index (κ1) is 27.6. The van der Waals surface area contributed by atoms with Gasteiger partial charge in [0, 0.05) is 10.9 Å². The molecule has 34 heavy (non-hydrogen) atoms. The van der Waals surface area contributed by atoms with E-state index < -0.39 is 10.1 Å². The van der Waals surface area contributed by atoms with Gasteiger partial charge in [-0.25, -0.2) is 4.98 Å². The zero-order valence-corrected chi connectivity index (χ0v) is 21.4. The lowest BCUT2D eigenvalue weighted by atomic mass is 9.95. The highest BCUT2D eigenvalue weighted by molar-refractivity contribution is 7.88. The number of ether oxygens (including phenoxy) is 3. The molecule has 0 saturated carbocycles. The van der Waals surface area contributed by atoms with Gasteiger partial charge in [0.2, 0.25) is 5.75 Å². The number of benzene rings is 1. The van der Waals surface area contributed by atoms with Crippen molar-refractivity contribution in [2.24, 2.45) is 0 Å². The average Bonchev–Trinajstić information content (AvgIpc) is 3.28. The SMILES string of the molecule is CC(C)(C)c1ccc(S(=O)(=O)O)s1.COc1ccc(Cl)c(Oc2c(N)ncnc2OCCO)c1. The average molecular weight is 532 g/mol. The molecule has 10 nitrogen and oxygen atoms in total. The molecule has 0 atom stereocenters. The molecular weight excluding hydrogens is 506 g/mol. The van der Waals surface area contributed by atoms with Crippen LogP contribution in [0.15, 0.2) is 40.9 Å². The zero-order valence-electron chi connectivity index (χ0n) is 19.0. The number of nitrogens with two attached hydrogens (primary N) is 1. The molecule has 0 fully saturated rings. The van der Waals surface area contributed by atoms with Crippen molar-refractivity contribution in [2.45, 2.75) is 30.4 Å². The first-order chi connectivity index (χ1) is 15.9. The van der Waals surface area contributed by atoms with Gasteiger partial charge in [0.25, 0.3) is 5.88 Å². The van der Waals surface area contributed by atoms with Gasteiger partial charge in [-0.1, -0.05) is 32.4 Å². The van der Waals surface area contributed by atoms with Crippen LogP contribution in [0, 0.1) is 0 Å². The van der Waals surface area contributed by atoms with Crippen molar-refractivity contribution >= 4 is 38.9 Å². The Balaban J connectivity index is 0.000000270. The van der Waals surface area contributed by atoms with Gasteiger partial charge in [-0.3, -0.25) is 4.55 Å². The van der Waals surface area contributed by atoms with E-state index in [1.54, 1.807) is 24.3 Å². The van der Waals surface area contributed by atoms with E-state index in [0.29, 0.717) is 16.5 Å². The monoisotopic (exact) mass is 531 g/mol. The largest absolute Gasteiger partial charge is 0.497 e. The Morgan fingerprint density at radius 3 is 2.41 bits per heavy atom. The molecule has 0 amide bonds. The van der Waals surface area contributed by atoms with Gasteiger partial charge in [-0.05, 0) is 29.7 Å². The Hall–Kier alpha value is -2.64. The Labute approximate surface area is 207 Å². The first-order valence-electron chi connectivity index (χ1n) is 9.80. The molecule has 3 rings (SSSR count). The predicted molar refractivity (Wildman–Crippen MR) is 130 cm³/mol. The van der Waals surface area contributed by atoms with E-state index in [1.165, 1.54) is 19.5 Å². The molecule has 0 unspecified atom stereocenters. The Kier molecular flexibility index (Phi) is 9.47.